The summed E-state index contributed by atoms with van der Waals surface area (Å²) in [6.45, 7) is 6.59. The van der Waals surface area contributed by atoms with Crippen LogP contribution < -0.4 is 0 Å². The van der Waals surface area contributed by atoms with Crippen molar-refractivity contribution < 1.29 is 28.6 Å². The largest absolute Gasteiger partial charge is 0.462 e. The van der Waals surface area contributed by atoms with Gasteiger partial charge in [0, 0.05) is 19.3 Å². The van der Waals surface area contributed by atoms with E-state index in [2.05, 4.69) is 81.5 Å². The third kappa shape index (κ3) is 51.9. The minimum absolute atomic E-state index is 0.0856. The van der Waals surface area contributed by atoms with E-state index in [0.29, 0.717) is 19.3 Å². The molecule has 0 aromatic carbocycles. The zero-order valence-electron chi connectivity index (χ0n) is 43.0. The van der Waals surface area contributed by atoms with Crippen molar-refractivity contribution in [3.63, 3.8) is 0 Å². The summed E-state index contributed by atoms with van der Waals surface area (Å²) in [7, 11) is 0. The summed E-state index contributed by atoms with van der Waals surface area (Å²) < 4.78 is 16.8. The van der Waals surface area contributed by atoms with Crippen LogP contribution in [0.2, 0.25) is 0 Å². The van der Waals surface area contributed by atoms with Gasteiger partial charge in [-0.05, 0) is 89.9 Å². The maximum absolute atomic E-state index is 12.8. The van der Waals surface area contributed by atoms with E-state index >= 15 is 0 Å². The Morgan fingerprint density at radius 3 is 0.923 bits per heavy atom. The monoisotopic (exact) mass is 909 g/mol. The van der Waals surface area contributed by atoms with E-state index in [4.69, 9.17) is 14.2 Å². The van der Waals surface area contributed by atoms with Crippen molar-refractivity contribution in [2.45, 2.75) is 284 Å². The Hall–Kier alpha value is -2.89. The summed E-state index contributed by atoms with van der Waals surface area (Å²) in [5.41, 5.74) is 0. The molecule has 1 atom stereocenters. The summed E-state index contributed by atoms with van der Waals surface area (Å²) in [4.78, 5) is 38.1. The van der Waals surface area contributed by atoms with E-state index in [9.17, 15) is 14.4 Å². The first kappa shape index (κ1) is 62.1. The zero-order valence-corrected chi connectivity index (χ0v) is 43.0. The molecule has 0 aliphatic heterocycles. The minimum atomic E-state index is -0.789. The summed E-state index contributed by atoms with van der Waals surface area (Å²) in [5.74, 6) is -0.917. The highest BCUT2D eigenvalue weighted by Gasteiger charge is 2.19. The molecule has 0 aromatic heterocycles. The molecule has 0 bridgehead atoms. The number of hydrogen-bond acceptors (Lipinski definition) is 6. The van der Waals surface area contributed by atoms with Gasteiger partial charge in [-0.1, -0.05) is 229 Å². The van der Waals surface area contributed by atoms with Gasteiger partial charge in [-0.2, -0.15) is 0 Å². The number of rotatable bonds is 50. The third-order valence-corrected chi connectivity index (χ3v) is 12.0. The first-order valence-corrected chi connectivity index (χ1v) is 27.8. The third-order valence-electron chi connectivity index (χ3n) is 12.0. The highest BCUT2D eigenvalue weighted by molar-refractivity contribution is 5.71. The molecule has 6 nitrogen and oxygen atoms in total. The lowest BCUT2D eigenvalue weighted by atomic mass is 10.0. The highest BCUT2D eigenvalue weighted by Crippen LogP contribution is 2.15. The average Bonchev–Trinajstić information content (AvgIpc) is 3.30. The van der Waals surface area contributed by atoms with Gasteiger partial charge in [0.25, 0.3) is 0 Å². The molecule has 0 unspecified atom stereocenters. The van der Waals surface area contributed by atoms with Crippen LogP contribution in [0.3, 0.4) is 0 Å². The summed E-state index contributed by atoms with van der Waals surface area (Å²) in [6, 6.07) is 0. The topological polar surface area (TPSA) is 78.9 Å². The summed E-state index contributed by atoms with van der Waals surface area (Å²) >= 11 is 0. The number of allylic oxidation sites excluding steroid dienone is 10. The molecule has 0 spiro atoms. The highest BCUT2D eigenvalue weighted by atomic mass is 16.6. The number of carbonyl (C=O) groups excluding carboxylic acids is 3. The summed E-state index contributed by atoms with van der Waals surface area (Å²) in [5, 5.41) is 0. The molecule has 0 saturated heterocycles. The SMILES string of the molecule is CCCCC/C=C\C/C=C\C/C=C\C/C=C\CCCCCC(=O)OC[C@H](COC(=O)CCCCCCCCCCCCCCC)OC(=O)CCCCCCC/C=C\CCCCCCCC. The molecule has 0 aliphatic rings. The van der Waals surface area contributed by atoms with E-state index in [0.717, 1.165) is 96.3 Å². The van der Waals surface area contributed by atoms with Crippen LogP contribution in [0.5, 0.6) is 0 Å². The zero-order chi connectivity index (χ0) is 47.2. The quantitative estimate of drug-likeness (QED) is 0.0262. The Morgan fingerprint density at radius 2 is 0.554 bits per heavy atom. The number of hydrogen-bond donors (Lipinski definition) is 0. The molecule has 0 N–H and O–H groups in total. The van der Waals surface area contributed by atoms with Gasteiger partial charge in [0.1, 0.15) is 13.2 Å². The second-order valence-corrected chi connectivity index (χ2v) is 18.5. The Balaban J connectivity index is 4.43. The maximum atomic E-state index is 12.8. The molecule has 0 saturated carbocycles. The van der Waals surface area contributed by atoms with Crippen LogP contribution in [-0.2, 0) is 28.6 Å². The van der Waals surface area contributed by atoms with Gasteiger partial charge in [0.15, 0.2) is 6.10 Å². The molecule has 0 radical (unpaired) electrons. The molecule has 0 amide bonds. The predicted molar refractivity (Wildman–Crippen MR) is 279 cm³/mol. The van der Waals surface area contributed by atoms with E-state index in [-0.39, 0.29) is 31.1 Å². The van der Waals surface area contributed by atoms with Gasteiger partial charge in [0.2, 0.25) is 0 Å². The van der Waals surface area contributed by atoms with Gasteiger partial charge in [-0.25, -0.2) is 0 Å². The Bertz CT molecular complexity index is 1180. The second kappa shape index (κ2) is 53.7. The van der Waals surface area contributed by atoms with E-state index in [1.807, 2.05) is 0 Å². The van der Waals surface area contributed by atoms with Crippen LogP contribution in [-0.4, -0.2) is 37.2 Å². The number of unbranched alkanes of at least 4 members (excludes halogenated alkanes) is 29. The number of esters is 3. The molecule has 0 fully saturated rings. The van der Waals surface area contributed by atoms with Crippen molar-refractivity contribution in [1.82, 2.24) is 0 Å². The number of carbonyl (C=O) groups is 3. The fraction of sp³-hybridized carbons (Fsp3) is 0.780. The normalized spacial score (nSPS) is 12.5. The Kier molecular flexibility index (Phi) is 51.3. The fourth-order valence-corrected chi connectivity index (χ4v) is 7.77. The molecule has 0 heterocycles. The Labute approximate surface area is 402 Å². The maximum Gasteiger partial charge on any atom is 0.306 e. The van der Waals surface area contributed by atoms with Crippen LogP contribution in [0.4, 0.5) is 0 Å². The predicted octanol–water partition coefficient (Wildman–Crippen LogP) is 18.4. The molecule has 65 heavy (non-hydrogen) atoms. The van der Waals surface area contributed by atoms with Crippen molar-refractivity contribution in [3.8, 4) is 0 Å². The van der Waals surface area contributed by atoms with Crippen LogP contribution in [0.25, 0.3) is 0 Å². The van der Waals surface area contributed by atoms with Gasteiger partial charge < -0.3 is 14.2 Å². The standard InChI is InChI=1S/C59H104O6/c1-4-7-10-13-16-19-22-25-27-28-29-30-32-34-37-40-43-46-49-52-58(61)64-55-56(54-63-57(60)51-48-45-42-39-36-33-24-21-18-15-12-9-6-3)65-59(62)53-50-47-44-41-38-35-31-26-23-20-17-14-11-8-5-2/h16,19,25-27,29-31,34,37,56H,4-15,17-18,20-24,28,32-33,35-36,38-55H2,1-3H3/b19-16-,27-25-,30-29-,31-26-,37-34-/t56-/m0/s1. The van der Waals surface area contributed by atoms with Crippen LogP contribution in [0, 0.1) is 0 Å². The van der Waals surface area contributed by atoms with E-state index < -0.39 is 6.10 Å². The fourth-order valence-electron chi connectivity index (χ4n) is 7.77. The van der Waals surface area contributed by atoms with Crippen LogP contribution in [0.1, 0.15) is 278 Å². The Morgan fingerprint density at radius 1 is 0.308 bits per heavy atom. The van der Waals surface area contributed by atoms with Crippen molar-refractivity contribution in [1.29, 1.82) is 0 Å². The lowest BCUT2D eigenvalue weighted by molar-refractivity contribution is -0.167. The summed E-state index contributed by atoms with van der Waals surface area (Å²) in [6.07, 6.45) is 66.3. The van der Waals surface area contributed by atoms with Crippen molar-refractivity contribution in [3.05, 3.63) is 60.8 Å². The van der Waals surface area contributed by atoms with Crippen LogP contribution in [0.15, 0.2) is 60.8 Å². The second-order valence-electron chi connectivity index (χ2n) is 18.5. The first-order valence-electron chi connectivity index (χ1n) is 27.8. The van der Waals surface area contributed by atoms with Gasteiger partial charge in [-0.15, -0.1) is 0 Å². The average molecular weight is 909 g/mol. The molecule has 0 rings (SSSR count). The van der Waals surface area contributed by atoms with Crippen molar-refractivity contribution >= 4 is 17.9 Å². The molecule has 0 aliphatic carbocycles. The lowest BCUT2D eigenvalue weighted by Crippen LogP contribution is -2.30. The van der Waals surface area contributed by atoms with Gasteiger partial charge >= 0.3 is 17.9 Å². The smallest absolute Gasteiger partial charge is 0.306 e. The molecular formula is C59H104O6. The minimum Gasteiger partial charge on any atom is -0.462 e. The van der Waals surface area contributed by atoms with Gasteiger partial charge in [0.05, 0.1) is 0 Å². The van der Waals surface area contributed by atoms with Crippen LogP contribution >= 0.6 is 0 Å². The molecule has 6 heteroatoms. The van der Waals surface area contributed by atoms with E-state index in [1.54, 1.807) is 0 Å². The van der Waals surface area contributed by atoms with Crippen molar-refractivity contribution in [2.75, 3.05) is 13.2 Å². The van der Waals surface area contributed by atoms with Crippen molar-refractivity contribution in [2.24, 2.45) is 0 Å². The molecule has 376 valence electrons. The molecular weight excluding hydrogens is 805 g/mol. The van der Waals surface area contributed by atoms with E-state index in [1.165, 1.54) is 141 Å². The molecule has 0 aromatic rings. The number of ether oxygens (including phenoxy) is 3. The lowest BCUT2D eigenvalue weighted by Gasteiger charge is -2.18. The van der Waals surface area contributed by atoms with Gasteiger partial charge in [-0.3, -0.25) is 14.4 Å². The first-order chi connectivity index (χ1) is 32.0.